The highest BCUT2D eigenvalue weighted by Gasteiger charge is 2.16. The van der Waals surface area contributed by atoms with Crippen LogP contribution in [0.25, 0.3) is 87.0 Å². The molecule has 0 N–H and O–H groups in total. The van der Waals surface area contributed by atoms with Gasteiger partial charge in [-0.05, 0) is 53.2 Å². The first-order valence-corrected chi connectivity index (χ1v) is 14.7. The van der Waals surface area contributed by atoms with E-state index in [0.29, 0.717) is 17.5 Å². The van der Waals surface area contributed by atoms with Crippen LogP contribution in [0.1, 0.15) is 0 Å². The summed E-state index contributed by atoms with van der Waals surface area (Å²) in [6.45, 7) is 0. The lowest BCUT2D eigenvalue weighted by Gasteiger charge is -2.09. The summed E-state index contributed by atoms with van der Waals surface area (Å²) in [5.41, 5.74) is 4.47. The van der Waals surface area contributed by atoms with Gasteiger partial charge in [-0.2, -0.15) is 0 Å². The van der Waals surface area contributed by atoms with Gasteiger partial charge in [0.25, 0.3) is 0 Å². The van der Waals surface area contributed by atoms with E-state index in [0.717, 1.165) is 38.6 Å². The van der Waals surface area contributed by atoms with Crippen molar-refractivity contribution in [1.29, 1.82) is 0 Å². The highest BCUT2D eigenvalue weighted by molar-refractivity contribution is 7.26. The number of hydrogen-bond donors (Lipinski definition) is 0. The van der Waals surface area contributed by atoms with Crippen molar-refractivity contribution in [1.82, 2.24) is 15.0 Å². The number of rotatable bonds is 3. The van der Waals surface area contributed by atoms with Crippen LogP contribution in [0.2, 0.25) is 0 Å². The molecule has 0 unspecified atom stereocenters. The van der Waals surface area contributed by atoms with E-state index >= 15 is 0 Å². The van der Waals surface area contributed by atoms with E-state index < -0.39 is 0 Å². The van der Waals surface area contributed by atoms with Crippen molar-refractivity contribution >= 4 is 64.2 Å². The first-order chi connectivity index (χ1) is 20.8. The number of benzene rings is 6. The lowest BCUT2D eigenvalue weighted by Crippen LogP contribution is -2.00. The van der Waals surface area contributed by atoms with E-state index in [1.807, 2.05) is 65.9 Å². The molecule has 9 rings (SSSR count). The molecule has 9 aromatic rings. The molecule has 3 aromatic heterocycles. The van der Waals surface area contributed by atoms with Gasteiger partial charge in [-0.1, -0.05) is 84.9 Å². The molecule has 6 aromatic carbocycles. The molecule has 0 aliphatic carbocycles. The van der Waals surface area contributed by atoms with Gasteiger partial charge in [0.05, 0.1) is 0 Å². The van der Waals surface area contributed by atoms with Crippen LogP contribution in [0.4, 0.5) is 0 Å². The molecule has 0 fully saturated rings. The van der Waals surface area contributed by atoms with Gasteiger partial charge in [-0.3, -0.25) is 0 Å². The second kappa shape index (κ2) is 9.06. The van der Waals surface area contributed by atoms with Crippen LogP contribution in [0.15, 0.2) is 132 Å². The quantitative estimate of drug-likeness (QED) is 0.218. The Bertz CT molecular complexity index is 2480. The minimum atomic E-state index is 0.613. The van der Waals surface area contributed by atoms with Crippen LogP contribution in [0.5, 0.6) is 0 Å². The zero-order chi connectivity index (χ0) is 27.6. The molecule has 0 aliphatic rings. The SMILES string of the molecule is c1ccc(-c2nc(-c3ccc4c(c3)oc3ccccc34)nc(-c3ccc4sc5ccc6ccccc6c5c4c3)n2)cc1. The number of nitrogens with zero attached hydrogens (tertiary/aromatic N) is 3. The normalized spacial score (nSPS) is 11.8. The van der Waals surface area contributed by atoms with Crippen molar-refractivity contribution in [2.75, 3.05) is 0 Å². The zero-order valence-electron chi connectivity index (χ0n) is 22.3. The number of hydrogen-bond acceptors (Lipinski definition) is 5. The Morgan fingerprint density at radius 3 is 1.93 bits per heavy atom. The van der Waals surface area contributed by atoms with Gasteiger partial charge in [0.2, 0.25) is 0 Å². The lowest BCUT2D eigenvalue weighted by molar-refractivity contribution is 0.669. The molecule has 3 heterocycles. The van der Waals surface area contributed by atoms with Crippen molar-refractivity contribution in [2.24, 2.45) is 0 Å². The Morgan fingerprint density at radius 1 is 0.429 bits per heavy atom. The summed E-state index contributed by atoms with van der Waals surface area (Å²) in [4.78, 5) is 15.0. The van der Waals surface area contributed by atoms with Crippen LogP contribution in [0, 0.1) is 0 Å². The van der Waals surface area contributed by atoms with Crippen LogP contribution in [0.3, 0.4) is 0 Å². The zero-order valence-corrected chi connectivity index (χ0v) is 23.1. The maximum Gasteiger partial charge on any atom is 0.164 e. The summed E-state index contributed by atoms with van der Waals surface area (Å²) in [6, 6.07) is 44.0. The summed E-state index contributed by atoms with van der Waals surface area (Å²) < 4.78 is 8.72. The average molecular weight is 556 g/mol. The van der Waals surface area contributed by atoms with E-state index in [9.17, 15) is 0 Å². The third-order valence-corrected chi connectivity index (χ3v) is 9.06. The summed E-state index contributed by atoms with van der Waals surface area (Å²) in [6.07, 6.45) is 0. The van der Waals surface area contributed by atoms with E-state index in [2.05, 4.69) is 72.8 Å². The van der Waals surface area contributed by atoms with Gasteiger partial charge in [0, 0.05) is 47.6 Å². The molecule has 196 valence electrons. The standard InChI is InChI=1S/C37H21N3OS/c1-2-9-23(10-3-1)35-38-36(40-37(39-35)25-14-17-28-27-12-6-7-13-30(27)41-31(28)21-25)24-16-18-32-29(20-24)34-26-11-5-4-8-22(26)15-19-33(34)42-32/h1-21H. The topological polar surface area (TPSA) is 51.8 Å². The Balaban J connectivity index is 1.27. The molecular formula is C37H21N3OS. The third-order valence-electron chi connectivity index (χ3n) is 7.92. The Morgan fingerprint density at radius 2 is 1.07 bits per heavy atom. The second-order valence-electron chi connectivity index (χ2n) is 10.5. The summed E-state index contributed by atoms with van der Waals surface area (Å²) in [5.74, 6) is 1.90. The van der Waals surface area contributed by atoms with Crippen molar-refractivity contribution in [3.05, 3.63) is 127 Å². The number of thiophene rings is 1. The van der Waals surface area contributed by atoms with Gasteiger partial charge in [-0.15, -0.1) is 11.3 Å². The van der Waals surface area contributed by atoms with Crippen LogP contribution in [-0.4, -0.2) is 15.0 Å². The van der Waals surface area contributed by atoms with Crippen molar-refractivity contribution in [2.45, 2.75) is 0 Å². The molecule has 0 aliphatic heterocycles. The first kappa shape index (κ1) is 23.3. The second-order valence-corrected chi connectivity index (χ2v) is 11.5. The Kier molecular flexibility index (Phi) is 5.03. The molecule has 0 spiro atoms. The van der Waals surface area contributed by atoms with Crippen molar-refractivity contribution < 1.29 is 4.42 Å². The largest absolute Gasteiger partial charge is 0.456 e. The molecule has 0 bridgehead atoms. The molecule has 4 nitrogen and oxygen atoms in total. The molecule has 0 saturated heterocycles. The van der Waals surface area contributed by atoms with Crippen molar-refractivity contribution in [3.63, 3.8) is 0 Å². The number of aromatic nitrogens is 3. The molecule has 42 heavy (non-hydrogen) atoms. The van der Waals surface area contributed by atoms with Gasteiger partial charge in [0.15, 0.2) is 17.5 Å². The van der Waals surface area contributed by atoms with Crippen LogP contribution >= 0.6 is 11.3 Å². The van der Waals surface area contributed by atoms with Gasteiger partial charge < -0.3 is 4.42 Å². The molecule has 0 saturated carbocycles. The van der Waals surface area contributed by atoms with Gasteiger partial charge in [-0.25, -0.2) is 15.0 Å². The Labute approximate surface area is 244 Å². The minimum absolute atomic E-state index is 0.613. The van der Waals surface area contributed by atoms with Gasteiger partial charge >= 0.3 is 0 Å². The number of furan rings is 1. The van der Waals surface area contributed by atoms with E-state index in [-0.39, 0.29) is 0 Å². The maximum atomic E-state index is 6.19. The average Bonchev–Trinajstić information content (AvgIpc) is 3.62. The summed E-state index contributed by atoms with van der Waals surface area (Å²) in [7, 11) is 0. The third kappa shape index (κ3) is 3.64. The predicted octanol–water partition coefficient (Wildman–Crippen LogP) is 10.3. The molecule has 0 amide bonds. The molecule has 0 atom stereocenters. The lowest BCUT2D eigenvalue weighted by atomic mass is 10.0. The fourth-order valence-electron chi connectivity index (χ4n) is 5.90. The highest BCUT2D eigenvalue weighted by atomic mass is 32.1. The van der Waals surface area contributed by atoms with Crippen LogP contribution in [-0.2, 0) is 0 Å². The van der Waals surface area contributed by atoms with E-state index in [1.54, 1.807) is 0 Å². The van der Waals surface area contributed by atoms with Crippen LogP contribution < -0.4 is 0 Å². The fourth-order valence-corrected chi connectivity index (χ4v) is 7.00. The predicted molar refractivity (Wildman–Crippen MR) is 174 cm³/mol. The highest BCUT2D eigenvalue weighted by Crippen LogP contribution is 2.40. The first-order valence-electron chi connectivity index (χ1n) is 13.9. The Hall–Kier alpha value is -5.39. The fraction of sp³-hybridized carbons (Fsp3) is 0. The smallest absolute Gasteiger partial charge is 0.164 e. The monoisotopic (exact) mass is 555 g/mol. The van der Waals surface area contributed by atoms with E-state index in [4.69, 9.17) is 19.4 Å². The molecule has 0 radical (unpaired) electrons. The summed E-state index contributed by atoms with van der Waals surface area (Å²) in [5, 5.41) is 7.18. The number of para-hydroxylation sites is 1. The number of fused-ring (bicyclic) bond motifs is 8. The minimum Gasteiger partial charge on any atom is -0.456 e. The van der Waals surface area contributed by atoms with Gasteiger partial charge in [0.1, 0.15) is 11.2 Å². The summed E-state index contributed by atoms with van der Waals surface area (Å²) >= 11 is 1.82. The van der Waals surface area contributed by atoms with Crippen molar-refractivity contribution in [3.8, 4) is 34.2 Å². The van der Waals surface area contributed by atoms with E-state index in [1.165, 1.54) is 30.9 Å². The molecule has 5 heteroatoms. The molecular weight excluding hydrogens is 534 g/mol. The maximum absolute atomic E-state index is 6.19.